The molecule has 1 rings (SSSR count). The molecule has 0 fully saturated rings. The largest absolute Gasteiger partial charge is 0.347 e. The van der Waals surface area contributed by atoms with Crippen LogP contribution in [0, 0.1) is 0 Å². The van der Waals surface area contributed by atoms with Crippen LogP contribution >= 0.6 is 11.5 Å². The lowest BCUT2D eigenvalue weighted by Crippen LogP contribution is -2.30. The molecule has 1 aromatic rings. The van der Waals surface area contributed by atoms with Gasteiger partial charge in [0.15, 0.2) is 0 Å². The van der Waals surface area contributed by atoms with Gasteiger partial charge in [0, 0.05) is 30.5 Å². The molecule has 15 heavy (non-hydrogen) atoms. The quantitative estimate of drug-likeness (QED) is 0.773. The van der Waals surface area contributed by atoms with Crippen LogP contribution in [0.25, 0.3) is 0 Å². The van der Waals surface area contributed by atoms with Crippen molar-refractivity contribution in [2.75, 3.05) is 11.9 Å². The van der Waals surface area contributed by atoms with E-state index < -0.39 is 0 Å². The Morgan fingerprint density at radius 1 is 1.27 bits per heavy atom. The van der Waals surface area contributed by atoms with Crippen molar-refractivity contribution in [3.05, 3.63) is 5.82 Å². The second-order valence-corrected chi connectivity index (χ2v) is 4.90. The van der Waals surface area contributed by atoms with Crippen LogP contribution in [0.15, 0.2) is 0 Å². The van der Waals surface area contributed by atoms with Gasteiger partial charge in [-0.2, -0.15) is 4.37 Å². The van der Waals surface area contributed by atoms with E-state index in [2.05, 4.69) is 49.0 Å². The fourth-order valence-corrected chi connectivity index (χ4v) is 2.44. The third-order valence-corrected chi connectivity index (χ3v) is 3.56. The second kappa shape index (κ2) is 5.45. The molecule has 0 N–H and O–H groups in total. The first-order chi connectivity index (χ1) is 7.10. The Morgan fingerprint density at radius 3 is 2.27 bits per heavy atom. The first kappa shape index (κ1) is 12.4. The molecule has 0 radical (unpaired) electrons. The average Bonchev–Trinajstić information content (AvgIpc) is 2.68. The van der Waals surface area contributed by atoms with Gasteiger partial charge in [0.2, 0.25) is 5.13 Å². The molecular formula is C11H21N3S. The van der Waals surface area contributed by atoms with Crippen LogP contribution in [-0.4, -0.2) is 22.4 Å². The van der Waals surface area contributed by atoms with Gasteiger partial charge >= 0.3 is 0 Å². The summed E-state index contributed by atoms with van der Waals surface area (Å²) in [6.07, 6.45) is 2.31. The van der Waals surface area contributed by atoms with Crippen LogP contribution in [0.2, 0.25) is 0 Å². The topological polar surface area (TPSA) is 29.0 Å². The van der Waals surface area contributed by atoms with Crippen LogP contribution < -0.4 is 4.90 Å². The van der Waals surface area contributed by atoms with Gasteiger partial charge in [-0.15, -0.1) is 0 Å². The van der Waals surface area contributed by atoms with Crippen molar-refractivity contribution in [1.82, 2.24) is 9.36 Å². The van der Waals surface area contributed by atoms with Gasteiger partial charge in [0.1, 0.15) is 5.82 Å². The highest BCUT2D eigenvalue weighted by atomic mass is 32.1. The molecule has 1 heterocycles. The van der Waals surface area contributed by atoms with Crippen molar-refractivity contribution in [3.63, 3.8) is 0 Å². The lowest BCUT2D eigenvalue weighted by atomic mass is 10.1. The van der Waals surface area contributed by atoms with Gasteiger partial charge in [-0.05, 0) is 12.8 Å². The van der Waals surface area contributed by atoms with E-state index in [1.54, 1.807) is 0 Å². The molecule has 0 aromatic carbocycles. The molecule has 0 atom stereocenters. The smallest absolute Gasteiger partial charge is 0.205 e. The highest BCUT2D eigenvalue weighted by Crippen LogP contribution is 2.23. The van der Waals surface area contributed by atoms with Gasteiger partial charge in [-0.25, -0.2) is 4.98 Å². The maximum atomic E-state index is 4.56. The molecule has 0 amide bonds. The van der Waals surface area contributed by atoms with Crippen molar-refractivity contribution >= 4 is 16.7 Å². The van der Waals surface area contributed by atoms with E-state index in [1.807, 2.05) is 0 Å². The number of aromatic nitrogens is 2. The highest BCUT2D eigenvalue weighted by molar-refractivity contribution is 7.09. The van der Waals surface area contributed by atoms with Crippen molar-refractivity contribution in [2.24, 2.45) is 0 Å². The Balaban J connectivity index is 2.77. The van der Waals surface area contributed by atoms with Crippen LogP contribution in [-0.2, 0) is 0 Å². The molecule has 0 aliphatic carbocycles. The first-order valence-corrected chi connectivity index (χ1v) is 6.43. The summed E-state index contributed by atoms with van der Waals surface area (Å²) in [6.45, 7) is 8.69. The summed E-state index contributed by atoms with van der Waals surface area (Å²) in [5.74, 6) is 1.39. The van der Waals surface area contributed by atoms with Crippen molar-refractivity contribution < 1.29 is 0 Å². The molecule has 4 heteroatoms. The average molecular weight is 227 g/mol. The summed E-state index contributed by atoms with van der Waals surface area (Å²) in [5, 5.41) is 1.05. The maximum Gasteiger partial charge on any atom is 0.205 e. The fraction of sp³-hybridized carbons (Fsp3) is 0.818. The normalized spacial score (nSPS) is 11.4. The highest BCUT2D eigenvalue weighted by Gasteiger charge is 2.16. The number of anilines is 1. The molecule has 0 aliphatic rings. The molecule has 0 saturated heterocycles. The second-order valence-electron chi connectivity index (χ2n) is 4.17. The summed E-state index contributed by atoms with van der Waals surface area (Å²) in [5.41, 5.74) is 0. The lowest BCUT2D eigenvalue weighted by Gasteiger charge is -2.24. The van der Waals surface area contributed by atoms with Crippen LogP contribution in [0.4, 0.5) is 5.13 Å². The monoisotopic (exact) mass is 227 g/mol. The van der Waals surface area contributed by atoms with E-state index in [0.717, 1.165) is 23.8 Å². The third-order valence-electron chi connectivity index (χ3n) is 2.74. The molecule has 0 saturated carbocycles. The van der Waals surface area contributed by atoms with E-state index in [0.29, 0.717) is 12.0 Å². The Bertz CT molecular complexity index is 292. The minimum atomic E-state index is 0.421. The third kappa shape index (κ3) is 2.91. The predicted molar refractivity (Wildman–Crippen MR) is 66.8 cm³/mol. The van der Waals surface area contributed by atoms with Crippen molar-refractivity contribution in [1.29, 1.82) is 0 Å². The summed E-state index contributed by atoms with van der Waals surface area (Å²) in [4.78, 5) is 6.81. The van der Waals surface area contributed by atoms with Gasteiger partial charge in [-0.3, -0.25) is 0 Å². The van der Waals surface area contributed by atoms with Crippen molar-refractivity contribution in [2.45, 2.75) is 52.5 Å². The summed E-state index contributed by atoms with van der Waals surface area (Å²) in [7, 11) is 2.11. The lowest BCUT2D eigenvalue weighted by molar-refractivity contribution is 0.589. The van der Waals surface area contributed by atoms with Gasteiger partial charge in [0.05, 0.1) is 0 Å². The Morgan fingerprint density at radius 2 is 1.87 bits per heavy atom. The van der Waals surface area contributed by atoms with E-state index in [1.165, 1.54) is 11.5 Å². The minimum absolute atomic E-state index is 0.421. The zero-order chi connectivity index (χ0) is 11.4. The molecule has 0 unspecified atom stereocenters. The van der Waals surface area contributed by atoms with Gasteiger partial charge in [0.25, 0.3) is 0 Å². The van der Waals surface area contributed by atoms with E-state index >= 15 is 0 Å². The number of nitrogens with zero attached hydrogens (tertiary/aromatic N) is 3. The molecule has 0 aliphatic heterocycles. The summed E-state index contributed by atoms with van der Waals surface area (Å²) >= 11 is 1.51. The summed E-state index contributed by atoms with van der Waals surface area (Å²) in [6, 6.07) is 0.581. The maximum absolute atomic E-state index is 4.56. The Kier molecular flexibility index (Phi) is 4.51. The minimum Gasteiger partial charge on any atom is -0.347 e. The SMILES string of the molecule is CCC(CC)N(C)c1nc(C(C)C)ns1. The molecule has 0 bridgehead atoms. The first-order valence-electron chi connectivity index (χ1n) is 5.66. The standard InChI is InChI=1S/C11H21N3S/c1-6-9(7-2)14(5)11-12-10(8(3)4)13-15-11/h8-9H,6-7H2,1-5H3. The molecule has 0 spiro atoms. The predicted octanol–water partition coefficient (Wildman–Crippen LogP) is 3.29. The molecule has 86 valence electrons. The fourth-order valence-electron chi connectivity index (χ4n) is 1.60. The Hall–Kier alpha value is -0.640. The van der Waals surface area contributed by atoms with E-state index in [4.69, 9.17) is 0 Å². The number of rotatable bonds is 5. The zero-order valence-electron chi connectivity index (χ0n) is 10.3. The van der Waals surface area contributed by atoms with E-state index in [-0.39, 0.29) is 0 Å². The molecule has 1 aromatic heterocycles. The van der Waals surface area contributed by atoms with Gasteiger partial charge < -0.3 is 4.90 Å². The Labute approximate surface area is 96.7 Å². The summed E-state index contributed by atoms with van der Waals surface area (Å²) < 4.78 is 4.38. The van der Waals surface area contributed by atoms with Crippen LogP contribution in [0.5, 0.6) is 0 Å². The van der Waals surface area contributed by atoms with Gasteiger partial charge in [-0.1, -0.05) is 27.7 Å². The number of hydrogen-bond acceptors (Lipinski definition) is 4. The molecule has 3 nitrogen and oxygen atoms in total. The van der Waals surface area contributed by atoms with Crippen molar-refractivity contribution in [3.8, 4) is 0 Å². The molecular weight excluding hydrogens is 206 g/mol. The zero-order valence-corrected chi connectivity index (χ0v) is 11.1. The van der Waals surface area contributed by atoms with Crippen LogP contribution in [0.1, 0.15) is 52.3 Å². The van der Waals surface area contributed by atoms with Crippen LogP contribution in [0.3, 0.4) is 0 Å². The van der Waals surface area contributed by atoms with E-state index in [9.17, 15) is 0 Å². The number of hydrogen-bond donors (Lipinski definition) is 0.